The average molecular weight is 479 g/mol. The summed E-state index contributed by atoms with van der Waals surface area (Å²) in [5.74, 6) is -0.223. The summed E-state index contributed by atoms with van der Waals surface area (Å²) in [4.78, 5) is 14.3. The Morgan fingerprint density at radius 3 is 2.41 bits per heavy atom. The molecule has 1 heterocycles. The molecule has 154 valence electrons. The average Bonchev–Trinajstić information content (AvgIpc) is 2.70. The third-order valence-electron chi connectivity index (χ3n) is 4.73. The number of hydrogen-bond acceptors (Lipinski definition) is 5. The highest BCUT2D eigenvalue weighted by Crippen LogP contribution is 2.20. The van der Waals surface area contributed by atoms with Crippen LogP contribution in [0.3, 0.4) is 0 Å². The molecule has 9 heteroatoms. The first-order valence-electron chi connectivity index (χ1n) is 9.22. The van der Waals surface area contributed by atoms with E-state index < -0.39 is 10.0 Å². The van der Waals surface area contributed by atoms with Gasteiger partial charge in [0.25, 0.3) is 5.91 Å². The monoisotopic (exact) mass is 478 g/mol. The molecule has 1 aliphatic heterocycles. The van der Waals surface area contributed by atoms with Crippen molar-refractivity contribution in [2.24, 2.45) is 5.10 Å². The van der Waals surface area contributed by atoms with E-state index in [4.69, 9.17) is 0 Å². The van der Waals surface area contributed by atoms with Crippen LogP contribution in [-0.2, 0) is 14.8 Å². The number of sulfonamides is 1. The Morgan fingerprint density at radius 2 is 1.76 bits per heavy atom. The van der Waals surface area contributed by atoms with Gasteiger partial charge in [-0.3, -0.25) is 9.69 Å². The smallest absolute Gasteiger partial charge is 0.254 e. The van der Waals surface area contributed by atoms with E-state index in [2.05, 4.69) is 26.5 Å². The summed E-state index contributed by atoms with van der Waals surface area (Å²) in [5.41, 5.74) is 4.55. The number of aryl methyl sites for hydroxylation is 1. The number of nitrogens with one attached hydrogen (secondary N) is 1. The van der Waals surface area contributed by atoms with Crippen molar-refractivity contribution >= 4 is 38.1 Å². The molecule has 1 amide bonds. The normalized spacial score (nSPS) is 16.2. The van der Waals surface area contributed by atoms with Gasteiger partial charge in [0.2, 0.25) is 10.0 Å². The molecule has 7 nitrogen and oxygen atoms in total. The zero-order chi connectivity index (χ0) is 20.9. The minimum absolute atomic E-state index is 0.178. The van der Waals surface area contributed by atoms with Crippen LogP contribution in [0.1, 0.15) is 11.1 Å². The largest absolute Gasteiger partial charge is 0.292 e. The molecule has 29 heavy (non-hydrogen) atoms. The molecule has 1 aliphatic rings. The Hall–Kier alpha value is -2.07. The number of piperazine rings is 1. The number of amides is 1. The predicted octanol–water partition coefficient (Wildman–Crippen LogP) is 2.21. The lowest BCUT2D eigenvalue weighted by atomic mass is 10.1. The molecular weight excluding hydrogens is 456 g/mol. The zero-order valence-electron chi connectivity index (χ0n) is 16.1. The van der Waals surface area contributed by atoms with Gasteiger partial charge in [0, 0.05) is 30.7 Å². The van der Waals surface area contributed by atoms with E-state index in [1.54, 1.807) is 30.5 Å². The van der Waals surface area contributed by atoms with Gasteiger partial charge in [-0.15, -0.1) is 0 Å². The summed E-state index contributed by atoms with van der Waals surface area (Å²) in [6.07, 6.45) is 1.62. The van der Waals surface area contributed by atoms with Crippen LogP contribution < -0.4 is 5.43 Å². The van der Waals surface area contributed by atoms with E-state index in [-0.39, 0.29) is 17.3 Å². The standard InChI is InChI=1S/C20H23BrN4O3S/c1-16-4-2-3-5-17(16)14-22-23-20(26)15-24-10-12-25(13-11-24)29(27,28)19-8-6-18(21)7-9-19/h2-9,14H,10-13,15H2,1H3,(H,23,26)/b22-14-. The molecule has 1 saturated heterocycles. The van der Waals surface area contributed by atoms with Crippen molar-refractivity contribution in [3.63, 3.8) is 0 Å². The fraction of sp³-hybridized carbons (Fsp3) is 0.300. The third-order valence-corrected chi connectivity index (χ3v) is 7.17. The Kier molecular flexibility index (Phi) is 7.18. The molecule has 0 spiro atoms. The third kappa shape index (κ3) is 5.72. The van der Waals surface area contributed by atoms with Crippen LogP contribution in [0.5, 0.6) is 0 Å². The minimum atomic E-state index is -3.52. The maximum atomic E-state index is 12.7. The number of hydrogen-bond donors (Lipinski definition) is 1. The molecule has 0 unspecified atom stereocenters. The van der Waals surface area contributed by atoms with Crippen molar-refractivity contribution < 1.29 is 13.2 Å². The zero-order valence-corrected chi connectivity index (χ0v) is 18.5. The lowest BCUT2D eigenvalue weighted by molar-refractivity contribution is -0.122. The second kappa shape index (κ2) is 9.62. The van der Waals surface area contributed by atoms with Crippen LogP contribution in [0.15, 0.2) is 63.0 Å². The molecule has 3 rings (SSSR count). The molecular formula is C20H23BrN4O3S. The summed E-state index contributed by atoms with van der Waals surface area (Å²) in [6.45, 7) is 3.83. The molecule has 2 aromatic carbocycles. The molecule has 0 aromatic heterocycles. The van der Waals surface area contributed by atoms with Gasteiger partial charge < -0.3 is 0 Å². The van der Waals surface area contributed by atoms with Crippen LogP contribution in [0, 0.1) is 6.92 Å². The number of rotatable bonds is 6. The number of benzene rings is 2. The summed E-state index contributed by atoms with van der Waals surface area (Å²) in [5, 5.41) is 4.01. The molecule has 0 radical (unpaired) electrons. The van der Waals surface area contributed by atoms with Gasteiger partial charge in [-0.25, -0.2) is 13.8 Å². The first-order valence-corrected chi connectivity index (χ1v) is 11.5. The van der Waals surface area contributed by atoms with Crippen LogP contribution >= 0.6 is 15.9 Å². The van der Waals surface area contributed by atoms with Gasteiger partial charge in [0.1, 0.15) is 0 Å². The van der Waals surface area contributed by atoms with Gasteiger partial charge in [-0.05, 0) is 42.3 Å². The van der Waals surface area contributed by atoms with E-state index in [0.717, 1.165) is 15.6 Å². The van der Waals surface area contributed by atoms with Crippen molar-refractivity contribution in [2.75, 3.05) is 32.7 Å². The number of nitrogens with zero attached hydrogens (tertiary/aromatic N) is 3. The van der Waals surface area contributed by atoms with Crippen molar-refractivity contribution in [2.45, 2.75) is 11.8 Å². The van der Waals surface area contributed by atoms with Crippen molar-refractivity contribution in [1.29, 1.82) is 0 Å². The van der Waals surface area contributed by atoms with Gasteiger partial charge >= 0.3 is 0 Å². The fourth-order valence-electron chi connectivity index (χ4n) is 3.03. The van der Waals surface area contributed by atoms with Crippen molar-refractivity contribution in [1.82, 2.24) is 14.6 Å². The summed E-state index contributed by atoms with van der Waals surface area (Å²) in [7, 11) is -3.52. The number of carbonyl (C=O) groups is 1. The lowest BCUT2D eigenvalue weighted by Crippen LogP contribution is -2.50. The Bertz CT molecular complexity index is 985. The topological polar surface area (TPSA) is 82.1 Å². The highest BCUT2D eigenvalue weighted by atomic mass is 79.9. The molecule has 0 atom stereocenters. The second-order valence-electron chi connectivity index (χ2n) is 6.78. The summed E-state index contributed by atoms with van der Waals surface area (Å²) < 4.78 is 27.7. The second-order valence-corrected chi connectivity index (χ2v) is 9.64. The highest BCUT2D eigenvalue weighted by molar-refractivity contribution is 9.10. The Labute approximate surface area is 179 Å². The number of halogens is 1. The number of hydrazone groups is 1. The van der Waals surface area contributed by atoms with E-state index in [1.165, 1.54) is 4.31 Å². The highest BCUT2D eigenvalue weighted by Gasteiger charge is 2.28. The van der Waals surface area contributed by atoms with Crippen LogP contribution in [0.4, 0.5) is 0 Å². The molecule has 0 saturated carbocycles. The molecule has 1 N–H and O–H groups in total. The fourth-order valence-corrected chi connectivity index (χ4v) is 4.71. The van der Waals surface area contributed by atoms with Crippen LogP contribution in [0.25, 0.3) is 0 Å². The van der Waals surface area contributed by atoms with E-state index >= 15 is 0 Å². The number of carbonyl (C=O) groups excluding carboxylic acids is 1. The SMILES string of the molecule is Cc1ccccc1/C=N\NC(=O)CN1CCN(S(=O)(=O)c2ccc(Br)cc2)CC1. The van der Waals surface area contributed by atoms with Gasteiger partial charge in [0.05, 0.1) is 17.7 Å². The molecule has 1 fully saturated rings. The van der Waals surface area contributed by atoms with Crippen LogP contribution in [-0.4, -0.2) is 62.5 Å². The maximum absolute atomic E-state index is 12.7. The first kappa shape index (κ1) is 21.6. The van der Waals surface area contributed by atoms with Gasteiger partial charge in [-0.2, -0.15) is 9.41 Å². The van der Waals surface area contributed by atoms with E-state index in [1.807, 2.05) is 36.1 Å². The summed E-state index contributed by atoms with van der Waals surface area (Å²) in [6, 6.07) is 14.4. The van der Waals surface area contributed by atoms with E-state index in [0.29, 0.717) is 26.2 Å². The molecule has 0 bridgehead atoms. The summed E-state index contributed by atoms with van der Waals surface area (Å²) >= 11 is 3.31. The van der Waals surface area contributed by atoms with Gasteiger partial charge in [-0.1, -0.05) is 40.2 Å². The first-order chi connectivity index (χ1) is 13.9. The predicted molar refractivity (Wildman–Crippen MR) is 116 cm³/mol. The molecule has 0 aliphatic carbocycles. The molecule has 2 aromatic rings. The lowest BCUT2D eigenvalue weighted by Gasteiger charge is -2.33. The van der Waals surface area contributed by atoms with Crippen molar-refractivity contribution in [3.8, 4) is 0 Å². The minimum Gasteiger partial charge on any atom is -0.292 e. The quantitative estimate of drug-likeness (QED) is 0.509. The van der Waals surface area contributed by atoms with E-state index in [9.17, 15) is 13.2 Å². The Balaban J connectivity index is 1.48. The maximum Gasteiger partial charge on any atom is 0.254 e. The van der Waals surface area contributed by atoms with Crippen LogP contribution in [0.2, 0.25) is 0 Å². The van der Waals surface area contributed by atoms with Gasteiger partial charge in [0.15, 0.2) is 0 Å². The Morgan fingerprint density at radius 1 is 1.10 bits per heavy atom. The van der Waals surface area contributed by atoms with Crippen molar-refractivity contribution in [3.05, 3.63) is 64.1 Å².